The highest BCUT2D eigenvalue weighted by Gasteiger charge is 2.10. The summed E-state index contributed by atoms with van der Waals surface area (Å²) in [5.41, 5.74) is 0.556. The molecule has 0 saturated carbocycles. The Balaban J connectivity index is 2.58. The van der Waals surface area contributed by atoms with Crippen LogP contribution in [0.3, 0.4) is 0 Å². The fraction of sp³-hybridized carbons (Fsp3) is 0.0769. The van der Waals surface area contributed by atoms with Crippen LogP contribution in [-0.2, 0) is 0 Å². The molecule has 0 spiro atoms. The largest absolute Gasteiger partial charge is 0.355 e. The van der Waals surface area contributed by atoms with E-state index in [0.29, 0.717) is 0 Å². The molecule has 1 heterocycles. The topological polar surface area (TPSA) is 51.1 Å². The van der Waals surface area contributed by atoms with Crippen molar-refractivity contribution >= 4 is 5.91 Å². The van der Waals surface area contributed by atoms with Gasteiger partial charge >= 0.3 is 0 Å². The Morgan fingerprint density at radius 1 is 1.12 bits per heavy atom. The predicted octanol–water partition coefficient (Wildman–Crippen LogP) is 1.20. The second-order valence-electron chi connectivity index (χ2n) is 3.51. The maximum absolute atomic E-state index is 12.1. The van der Waals surface area contributed by atoms with E-state index in [2.05, 4.69) is 5.32 Å². The Kier molecular flexibility index (Phi) is 3.05. The van der Waals surface area contributed by atoms with E-state index in [1.54, 1.807) is 12.3 Å². The van der Waals surface area contributed by atoms with Gasteiger partial charge in [0.15, 0.2) is 0 Å². The number of carbonyl (C=O) groups excluding carboxylic acids is 1. The van der Waals surface area contributed by atoms with Gasteiger partial charge in [-0.3, -0.25) is 14.2 Å². The molecule has 2 aromatic rings. The minimum atomic E-state index is -0.375. The van der Waals surface area contributed by atoms with Crippen molar-refractivity contribution in [3.63, 3.8) is 0 Å². The molecule has 86 valence electrons. The van der Waals surface area contributed by atoms with Gasteiger partial charge in [-0.25, -0.2) is 0 Å². The molecule has 4 nitrogen and oxygen atoms in total. The molecular formula is C13H12N2O2. The van der Waals surface area contributed by atoms with Crippen LogP contribution in [-0.4, -0.2) is 17.5 Å². The molecule has 0 aliphatic carbocycles. The van der Waals surface area contributed by atoms with Crippen molar-refractivity contribution in [2.24, 2.45) is 0 Å². The van der Waals surface area contributed by atoms with Gasteiger partial charge in [-0.1, -0.05) is 18.2 Å². The highest BCUT2D eigenvalue weighted by atomic mass is 16.2. The molecule has 0 saturated heterocycles. The average molecular weight is 228 g/mol. The number of hydrogen-bond donors (Lipinski definition) is 1. The van der Waals surface area contributed by atoms with Gasteiger partial charge in [0, 0.05) is 18.9 Å². The Morgan fingerprint density at radius 2 is 1.82 bits per heavy atom. The van der Waals surface area contributed by atoms with Crippen molar-refractivity contribution in [3.8, 4) is 5.69 Å². The molecule has 1 N–H and O–H groups in total. The summed E-state index contributed by atoms with van der Waals surface area (Å²) in [4.78, 5) is 23.6. The third-order valence-corrected chi connectivity index (χ3v) is 2.45. The van der Waals surface area contributed by atoms with Gasteiger partial charge in [-0.15, -0.1) is 0 Å². The first-order valence-electron chi connectivity index (χ1n) is 5.23. The lowest BCUT2D eigenvalue weighted by Crippen LogP contribution is -2.30. The van der Waals surface area contributed by atoms with E-state index in [4.69, 9.17) is 0 Å². The molecule has 2 rings (SSSR count). The Labute approximate surface area is 98.5 Å². The maximum atomic E-state index is 12.1. The molecule has 1 aromatic carbocycles. The minimum Gasteiger partial charge on any atom is -0.355 e. The van der Waals surface area contributed by atoms with Crippen LogP contribution >= 0.6 is 0 Å². The van der Waals surface area contributed by atoms with Crippen molar-refractivity contribution in [2.75, 3.05) is 7.05 Å². The van der Waals surface area contributed by atoms with E-state index in [0.717, 1.165) is 5.69 Å². The van der Waals surface area contributed by atoms with Crippen LogP contribution < -0.4 is 10.9 Å². The maximum Gasteiger partial charge on any atom is 0.267 e. The first-order chi connectivity index (χ1) is 8.24. The van der Waals surface area contributed by atoms with E-state index in [9.17, 15) is 9.59 Å². The Morgan fingerprint density at radius 3 is 2.47 bits per heavy atom. The lowest BCUT2D eigenvalue weighted by molar-refractivity contribution is 0.0961. The SMILES string of the molecule is CNC(=O)c1cccn(-c2ccccc2)c1=O. The van der Waals surface area contributed by atoms with E-state index in [-0.39, 0.29) is 17.0 Å². The molecule has 0 bridgehead atoms. The zero-order chi connectivity index (χ0) is 12.3. The number of amides is 1. The monoisotopic (exact) mass is 228 g/mol. The summed E-state index contributed by atoms with van der Waals surface area (Å²) in [5, 5.41) is 2.45. The average Bonchev–Trinajstić information content (AvgIpc) is 2.39. The molecule has 0 atom stereocenters. The fourth-order valence-electron chi connectivity index (χ4n) is 1.59. The van der Waals surface area contributed by atoms with Crippen LogP contribution in [0.1, 0.15) is 10.4 Å². The third-order valence-electron chi connectivity index (χ3n) is 2.45. The van der Waals surface area contributed by atoms with Crippen LogP contribution in [0.2, 0.25) is 0 Å². The Bertz CT molecular complexity index is 588. The highest BCUT2D eigenvalue weighted by Crippen LogP contribution is 2.04. The number of nitrogens with zero attached hydrogens (tertiary/aromatic N) is 1. The summed E-state index contributed by atoms with van der Waals surface area (Å²) >= 11 is 0. The lowest BCUT2D eigenvalue weighted by Gasteiger charge is -2.06. The van der Waals surface area contributed by atoms with Crippen molar-refractivity contribution in [3.05, 3.63) is 64.6 Å². The van der Waals surface area contributed by atoms with E-state index >= 15 is 0 Å². The normalized spacial score (nSPS) is 9.94. The zero-order valence-corrected chi connectivity index (χ0v) is 9.38. The molecular weight excluding hydrogens is 216 g/mol. The standard InChI is InChI=1S/C13H12N2O2/c1-14-12(16)11-8-5-9-15(13(11)17)10-6-3-2-4-7-10/h2-9H,1H3,(H,14,16). The van der Waals surface area contributed by atoms with Gasteiger partial charge < -0.3 is 5.32 Å². The predicted molar refractivity (Wildman–Crippen MR) is 65.4 cm³/mol. The summed E-state index contributed by atoms with van der Waals surface area (Å²) in [7, 11) is 1.50. The molecule has 0 unspecified atom stereocenters. The third kappa shape index (κ3) is 2.10. The van der Waals surface area contributed by atoms with Crippen LogP contribution in [0.25, 0.3) is 5.69 Å². The van der Waals surface area contributed by atoms with Gasteiger partial charge in [0.2, 0.25) is 0 Å². The summed E-state index contributed by atoms with van der Waals surface area (Å²) < 4.78 is 1.45. The van der Waals surface area contributed by atoms with E-state index < -0.39 is 0 Å². The van der Waals surface area contributed by atoms with Crippen molar-refractivity contribution in [1.82, 2.24) is 9.88 Å². The van der Waals surface area contributed by atoms with Crippen LogP contribution in [0, 0.1) is 0 Å². The second kappa shape index (κ2) is 4.65. The first-order valence-corrected chi connectivity index (χ1v) is 5.23. The number of aromatic nitrogens is 1. The van der Waals surface area contributed by atoms with Crippen molar-refractivity contribution in [2.45, 2.75) is 0 Å². The first kappa shape index (κ1) is 11.1. The van der Waals surface area contributed by atoms with E-state index in [1.807, 2.05) is 30.3 Å². The fourth-order valence-corrected chi connectivity index (χ4v) is 1.59. The molecule has 0 aliphatic heterocycles. The van der Waals surface area contributed by atoms with E-state index in [1.165, 1.54) is 17.7 Å². The molecule has 0 aliphatic rings. The second-order valence-corrected chi connectivity index (χ2v) is 3.51. The quantitative estimate of drug-likeness (QED) is 0.839. The van der Waals surface area contributed by atoms with Gasteiger partial charge in [0.25, 0.3) is 11.5 Å². The van der Waals surface area contributed by atoms with Crippen LogP contribution in [0.15, 0.2) is 53.5 Å². The summed E-state index contributed by atoms with van der Waals surface area (Å²) in [6.45, 7) is 0. The molecule has 1 aromatic heterocycles. The van der Waals surface area contributed by atoms with Crippen LogP contribution in [0.5, 0.6) is 0 Å². The molecule has 0 radical (unpaired) electrons. The van der Waals surface area contributed by atoms with Crippen molar-refractivity contribution < 1.29 is 4.79 Å². The number of para-hydroxylation sites is 1. The summed E-state index contributed by atoms with van der Waals surface area (Å²) in [5.74, 6) is -0.375. The summed E-state index contributed by atoms with van der Waals surface area (Å²) in [6, 6.07) is 12.4. The zero-order valence-electron chi connectivity index (χ0n) is 9.38. The molecule has 17 heavy (non-hydrogen) atoms. The van der Waals surface area contributed by atoms with Crippen molar-refractivity contribution in [1.29, 1.82) is 0 Å². The number of nitrogens with one attached hydrogen (secondary N) is 1. The number of benzene rings is 1. The van der Waals surface area contributed by atoms with Gasteiger partial charge in [0.1, 0.15) is 5.56 Å². The molecule has 4 heteroatoms. The number of pyridine rings is 1. The molecule has 1 amide bonds. The van der Waals surface area contributed by atoms with Gasteiger partial charge in [0.05, 0.1) is 0 Å². The smallest absolute Gasteiger partial charge is 0.267 e. The highest BCUT2D eigenvalue weighted by molar-refractivity contribution is 5.93. The lowest BCUT2D eigenvalue weighted by atomic mass is 10.2. The van der Waals surface area contributed by atoms with Crippen LogP contribution in [0.4, 0.5) is 0 Å². The van der Waals surface area contributed by atoms with Gasteiger partial charge in [-0.05, 0) is 24.3 Å². The number of hydrogen-bond acceptors (Lipinski definition) is 2. The summed E-state index contributed by atoms with van der Waals surface area (Å²) in [6.07, 6.45) is 1.64. The molecule has 0 fully saturated rings. The minimum absolute atomic E-state index is 0.138. The number of rotatable bonds is 2. The van der Waals surface area contributed by atoms with Gasteiger partial charge in [-0.2, -0.15) is 0 Å². The number of carbonyl (C=O) groups is 1. The Hall–Kier alpha value is -2.36.